The van der Waals surface area contributed by atoms with Crippen molar-refractivity contribution in [3.8, 4) is 11.1 Å². The van der Waals surface area contributed by atoms with Gasteiger partial charge in [-0.3, -0.25) is 9.78 Å². The number of carbonyl (C=O) groups is 1. The highest BCUT2D eigenvalue weighted by Crippen LogP contribution is 2.19. The second-order valence-electron chi connectivity index (χ2n) is 5.41. The third-order valence-corrected chi connectivity index (χ3v) is 3.19. The zero-order chi connectivity index (χ0) is 15.2. The Balaban J connectivity index is 2.10. The van der Waals surface area contributed by atoms with Crippen molar-refractivity contribution in [2.45, 2.75) is 20.3 Å². The molecule has 0 saturated heterocycles. The summed E-state index contributed by atoms with van der Waals surface area (Å²) in [5.74, 6) is 0.135. The van der Waals surface area contributed by atoms with Gasteiger partial charge in [0.1, 0.15) is 5.82 Å². The lowest BCUT2D eigenvalue weighted by atomic mass is 10.1. The van der Waals surface area contributed by atoms with Crippen LogP contribution in [0.25, 0.3) is 11.1 Å². The van der Waals surface area contributed by atoms with Gasteiger partial charge >= 0.3 is 0 Å². The van der Waals surface area contributed by atoms with Gasteiger partial charge in [0.05, 0.1) is 5.56 Å². The number of hydrogen-bond donors (Lipinski definition) is 1. The highest BCUT2D eigenvalue weighted by Gasteiger charge is 2.08. The fraction of sp³-hybridized carbons (Fsp3) is 0.294. The van der Waals surface area contributed by atoms with Crippen molar-refractivity contribution in [1.29, 1.82) is 0 Å². The average molecular weight is 286 g/mol. The van der Waals surface area contributed by atoms with E-state index < -0.39 is 0 Å². The lowest BCUT2D eigenvalue weighted by molar-refractivity contribution is 0.0951. The molecule has 2 rings (SSSR count). The van der Waals surface area contributed by atoms with Gasteiger partial charge in [0.15, 0.2) is 0 Å². The molecule has 110 valence electrons. The van der Waals surface area contributed by atoms with Crippen LogP contribution >= 0.6 is 0 Å². The zero-order valence-electron chi connectivity index (χ0n) is 12.3. The third-order valence-electron chi connectivity index (χ3n) is 3.19. The number of aromatic nitrogens is 1. The molecule has 0 atom stereocenters. The van der Waals surface area contributed by atoms with Crippen molar-refractivity contribution in [2.24, 2.45) is 5.92 Å². The maximum atomic E-state index is 12.9. The van der Waals surface area contributed by atoms with Crippen LogP contribution in [0.3, 0.4) is 0 Å². The first-order chi connectivity index (χ1) is 10.1. The van der Waals surface area contributed by atoms with Crippen molar-refractivity contribution >= 4 is 5.91 Å². The molecular formula is C17H19FN2O. The Bertz CT molecular complexity index is 608. The minimum Gasteiger partial charge on any atom is -0.352 e. The van der Waals surface area contributed by atoms with Gasteiger partial charge in [-0.25, -0.2) is 4.39 Å². The number of amides is 1. The second-order valence-corrected chi connectivity index (χ2v) is 5.41. The van der Waals surface area contributed by atoms with Crippen molar-refractivity contribution in [2.75, 3.05) is 6.54 Å². The molecule has 0 aliphatic rings. The van der Waals surface area contributed by atoms with Gasteiger partial charge in [0.25, 0.3) is 5.91 Å². The van der Waals surface area contributed by atoms with E-state index in [0.717, 1.165) is 17.5 Å². The Kier molecular flexibility index (Phi) is 5.04. The standard InChI is InChI=1S/C17H19FN2O/c1-12(2)7-8-20-17(21)15-9-14(10-19-11-15)13-3-5-16(18)6-4-13/h3-6,9-12H,7-8H2,1-2H3,(H,20,21). The van der Waals surface area contributed by atoms with Crippen molar-refractivity contribution < 1.29 is 9.18 Å². The minimum atomic E-state index is -0.283. The number of hydrogen-bond acceptors (Lipinski definition) is 2. The van der Waals surface area contributed by atoms with Gasteiger partial charge in [0.2, 0.25) is 0 Å². The van der Waals surface area contributed by atoms with Crippen LogP contribution in [0.4, 0.5) is 4.39 Å². The molecule has 0 bridgehead atoms. The molecule has 1 aromatic carbocycles. The van der Waals surface area contributed by atoms with Gasteiger partial charge in [-0.2, -0.15) is 0 Å². The Hall–Kier alpha value is -2.23. The molecule has 21 heavy (non-hydrogen) atoms. The van der Waals surface area contributed by atoms with E-state index >= 15 is 0 Å². The smallest absolute Gasteiger partial charge is 0.252 e. The quantitative estimate of drug-likeness (QED) is 0.911. The summed E-state index contributed by atoms with van der Waals surface area (Å²) in [6.07, 6.45) is 4.15. The summed E-state index contributed by atoms with van der Waals surface area (Å²) in [7, 11) is 0. The van der Waals surface area contributed by atoms with Gasteiger partial charge in [-0.05, 0) is 36.1 Å². The molecule has 1 aromatic heterocycles. The van der Waals surface area contributed by atoms with Crippen LogP contribution in [-0.4, -0.2) is 17.4 Å². The lowest BCUT2D eigenvalue weighted by Gasteiger charge is -2.08. The number of benzene rings is 1. The van der Waals surface area contributed by atoms with Crippen LogP contribution in [0.15, 0.2) is 42.7 Å². The predicted octanol–water partition coefficient (Wildman–Crippen LogP) is 3.66. The van der Waals surface area contributed by atoms with Crippen LogP contribution < -0.4 is 5.32 Å². The van der Waals surface area contributed by atoms with Gasteiger partial charge in [-0.1, -0.05) is 26.0 Å². The Morgan fingerprint density at radius 3 is 2.57 bits per heavy atom. The van der Waals surface area contributed by atoms with Gasteiger partial charge in [0, 0.05) is 24.5 Å². The average Bonchev–Trinajstić information content (AvgIpc) is 2.47. The SMILES string of the molecule is CC(C)CCNC(=O)c1cncc(-c2ccc(F)cc2)c1. The molecule has 1 heterocycles. The largest absolute Gasteiger partial charge is 0.352 e. The summed E-state index contributed by atoms with van der Waals surface area (Å²) in [5, 5.41) is 2.88. The lowest BCUT2D eigenvalue weighted by Crippen LogP contribution is -2.25. The minimum absolute atomic E-state index is 0.132. The fourth-order valence-corrected chi connectivity index (χ4v) is 1.94. The Morgan fingerprint density at radius 2 is 1.90 bits per heavy atom. The van der Waals surface area contributed by atoms with E-state index in [0.29, 0.717) is 18.0 Å². The van der Waals surface area contributed by atoms with E-state index in [1.807, 2.05) is 0 Å². The van der Waals surface area contributed by atoms with E-state index in [1.54, 1.807) is 24.4 Å². The van der Waals surface area contributed by atoms with Crippen molar-refractivity contribution in [3.05, 3.63) is 54.1 Å². The summed E-state index contributed by atoms with van der Waals surface area (Å²) in [6, 6.07) is 7.90. The molecule has 0 aliphatic carbocycles. The molecule has 0 spiro atoms. The first-order valence-corrected chi connectivity index (χ1v) is 7.05. The van der Waals surface area contributed by atoms with Gasteiger partial charge in [-0.15, -0.1) is 0 Å². The van der Waals surface area contributed by atoms with Gasteiger partial charge < -0.3 is 5.32 Å². The van der Waals surface area contributed by atoms with Crippen LogP contribution in [0.5, 0.6) is 0 Å². The van der Waals surface area contributed by atoms with Crippen LogP contribution in [0, 0.1) is 11.7 Å². The van der Waals surface area contributed by atoms with E-state index in [1.165, 1.54) is 18.3 Å². The summed E-state index contributed by atoms with van der Waals surface area (Å²) in [5.41, 5.74) is 2.15. The van der Waals surface area contributed by atoms with Crippen molar-refractivity contribution in [1.82, 2.24) is 10.3 Å². The highest BCUT2D eigenvalue weighted by atomic mass is 19.1. The number of pyridine rings is 1. The summed E-state index contributed by atoms with van der Waals surface area (Å²) in [4.78, 5) is 16.1. The van der Waals surface area contributed by atoms with Crippen molar-refractivity contribution in [3.63, 3.8) is 0 Å². The zero-order valence-corrected chi connectivity index (χ0v) is 12.3. The molecule has 3 nitrogen and oxygen atoms in total. The molecule has 1 amide bonds. The molecule has 0 radical (unpaired) electrons. The molecule has 4 heteroatoms. The molecule has 1 N–H and O–H groups in total. The number of nitrogens with zero attached hydrogens (tertiary/aromatic N) is 1. The van der Waals surface area contributed by atoms with E-state index in [9.17, 15) is 9.18 Å². The molecule has 0 unspecified atom stereocenters. The molecular weight excluding hydrogens is 267 g/mol. The fourth-order valence-electron chi connectivity index (χ4n) is 1.94. The molecule has 0 aliphatic heterocycles. The topological polar surface area (TPSA) is 42.0 Å². The summed E-state index contributed by atoms with van der Waals surface area (Å²) < 4.78 is 12.9. The van der Waals surface area contributed by atoms with Crippen LogP contribution in [0.1, 0.15) is 30.6 Å². The maximum Gasteiger partial charge on any atom is 0.252 e. The first kappa shape index (κ1) is 15.2. The normalized spacial score (nSPS) is 10.7. The highest BCUT2D eigenvalue weighted by molar-refractivity contribution is 5.95. The third kappa shape index (κ3) is 4.38. The molecule has 0 fully saturated rings. The molecule has 0 saturated carbocycles. The molecule has 2 aromatic rings. The number of halogens is 1. The van der Waals surface area contributed by atoms with Crippen LogP contribution in [-0.2, 0) is 0 Å². The van der Waals surface area contributed by atoms with Crippen LogP contribution in [0.2, 0.25) is 0 Å². The number of rotatable bonds is 5. The number of nitrogens with one attached hydrogen (secondary N) is 1. The Labute approximate surface area is 124 Å². The summed E-state index contributed by atoms with van der Waals surface area (Å²) >= 11 is 0. The van der Waals surface area contributed by atoms with E-state index in [-0.39, 0.29) is 11.7 Å². The monoisotopic (exact) mass is 286 g/mol. The summed E-state index contributed by atoms with van der Waals surface area (Å²) in [6.45, 7) is 4.88. The second kappa shape index (κ2) is 6.97. The van der Waals surface area contributed by atoms with E-state index in [4.69, 9.17) is 0 Å². The first-order valence-electron chi connectivity index (χ1n) is 7.05. The predicted molar refractivity (Wildman–Crippen MR) is 81.4 cm³/mol. The van der Waals surface area contributed by atoms with E-state index in [2.05, 4.69) is 24.1 Å². The maximum absolute atomic E-state index is 12.9. The Morgan fingerprint density at radius 1 is 1.19 bits per heavy atom. The number of carbonyl (C=O) groups excluding carboxylic acids is 1.